The van der Waals surface area contributed by atoms with Gasteiger partial charge in [-0.05, 0) is 29.7 Å². The first-order valence-corrected chi connectivity index (χ1v) is 8.92. The first-order chi connectivity index (χ1) is 12.1. The van der Waals surface area contributed by atoms with Crippen molar-refractivity contribution in [2.75, 3.05) is 13.2 Å². The van der Waals surface area contributed by atoms with Crippen LogP contribution in [-0.4, -0.2) is 34.5 Å². The molecule has 0 spiro atoms. The molecule has 2 aromatic carbocycles. The number of amides is 1. The van der Waals surface area contributed by atoms with Crippen LogP contribution in [0.5, 0.6) is 5.75 Å². The van der Waals surface area contributed by atoms with Crippen molar-refractivity contribution >= 4 is 22.8 Å². The van der Waals surface area contributed by atoms with Crippen molar-refractivity contribution in [3.8, 4) is 5.75 Å². The van der Waals surface area contributed by atoms with Gasteiger partial charge in [0.15, 0.2) is 5.78 Å². The molecule has 0 saturated carbocycles. The third-order valence-corrected chi connectivity index (χ3v) is 5.02. The summed E-state index contributed by atoms with van der Waals surface area (Å²) in [5.41, 5.74) is 1.78. The molecule has 0 radical (unpaired) electrons. The minimum Gasteiger partial charge on any atom is -0.491 e. The second kappa shape index (κ2) is 8.18. The minimum absolute atomic E-state index is 0.0379. The Morgan fingerprint density at radius 2 is 1.84 bits per heavy atom. The highest BCUT2D eigenvalue weighted by Crippen LogP contribution is 2.23. The van der Waals surface area contributed by atoms with Gasteiger partial charge in [0.25, 0.3) is 5.24 Å². The monoisotopic (exact) mass is 357 g/mol. The number of aliphatic hydroxyl groups is 1. The van der Waals surface area contributed by atoms with Gasteiger partial charge in [0, 0.05) is 0 Å². The predicted molar refractivity (Wildman–Crippen MR) is 96.8 cm³/mol. The molecule has 0 aliphatic carbocycles. The molecule has 2 N–H and O–H groups in total. The maximum atomic E-state index is 11.8. The third-order valence-electron chi connectivity index (χ3n) is 3.95. The highest BCUT2D eigenvalue weighted by atomic mass is 32.2. The zero-order valence-corrected chi connectivity index (χ0v) is 14.4. The molecule has 3 rings (SSSR count). The lowest BCUT2D eigenvalue weighted by atomic mass is 10.1. The molecule has 25 heavy (non-hydrogen) atoms. The summed E-state index contributed by atoms with van der Waals surface area (Å²) < 4.78 is 5.62. The van der Waals surface area contributed by atoms with E-state index in [0.29, 0.717) is 12.2 Å². The average molecular weight is 357 g/mol. The van der Waals surface area contributed by atoms with E-state index in [1.165, 1.54) is 0 Å². The van der Waals surface area contributed by atoms with E-state index in [-0.39, 0.29) is 29.4 Å². The smallest absolute Gasteiger partial charge is 0.280 e. The summed E-state index contributed by atoms with van der Waals surface area (Å²) in [6.45, 7) is 0.273. The van der Waals surface area contributed by atoms with Crippen molar-refractivity contribution in [2.24, 2.45) is 0 Å². The lowest BCUT2D eigenvalue weighted by Crippen LogP contribution is -2.40. The summed E-state index contributed by atoms with van der Waals surface area (Å²) in [4.78, 5) is 23.2. The molecule has 130 valence electrons. The van der Waals surface area contributed by atoms with Gasteiger partial charge in [-0.2, -0.15) is 0 Å². The molecule has 0 aromatic heterocycles. The number of ketones is 1. The van der Waals surface area contributed by atoms with Crippen molar-refractivity contribution in [3.05, 3.63) is 65.7 Å². The molecular formula is C19H19NO4S. The van der Waals surface area contributed by atoms with Gasteiger partial charge in [-0.3, -0.25) is 9.59 Å². The topological polar surface area (TPSA) is 75.6 Å². The number of hydrogen-bond acceptors (Lipinski definition) is 5. The van der Waals surface area contributed by atoms with E-state index >= 15 is 0 Å². The van der Waals surface area contributed by atoms with Gasteiger partial charge in [-0.25, -0.2) is 0 Å². The minimum atomic E-state index is -0.685. The van der Waals surface area contributed by atoms with Crippen LogP contribution in [0.3, 0.4) is 0 Å². The van der Waals surface area contributed by atoms with Gasteiger partial charge in [0.05, 0.1) is 11.8 Å². The zero-order valence-electron chi connectivity index (χ0n) is 13.6. The molecule has 1 heterocycles. The van der Waals surface area contributed by atoms with Crippen molar-refractivity contribution < 1.29 is 19.4 Å². The van der Waals surface area contributed by atoms with E-state index < -0.39 is 6.10 Å². The van der Waals surface area contributed by atoms with Crippen LogP contribution < -0.4 is 10.1 Å². The van der Waals surface area contributed by atoms with Gasteiger partial charge >= 0.3 is 0 Å². The highest BCUT2D eigenvalue weighted by Gasteiger charge is 2.27. The summed E-state index contributed by atoms with van der Waals surface area (Å²) in [7, 11) is 0. The predicted octanol–water partition coefficient (Wildman–Crippen LogP) is 2.74. The van der Waals surface area contributed by atoms with Crippen LogP contribution in [0.1, 0.15) is 17.2 Å². The van der Waals surface area contributed by atoms with E-state index in [9.17, 15) is 14.7 Å². The van der Waals surface area contributed by atoms with Crippen LogP contribution in [0.4, 0.5) is 4.79 Å². The highest BCUT2D eigenvalue weighted by molar-refractivity contribution is 8.14. The molecule has 5 nitrogen and oxygen atoms in total. The second-order valence-electron chi connectivity index (χ2n) is 5.80. The van der Waals surface area contributed by atoms with Crippen LogP contribution >= 0.6 is 11.8 Å². The Balaban J connectivity index is 1.53. The molecular weight excluding hydrogens is 338 g/mol. The lowest BCUT2D eigenvalue weighted by Gasteiger charge is -2.20. The Labute approximate surface area is 150 Å². The number of benzene rings is 2. The quantitative estimate of drug-likeness (QED) is 0.831. The Bertz CT molecular complexity index is 733. The molecule has 1 aliphatic heterocycles. The van der Waals surface area contributed by atoms with E-state index in [1.54, 1.807) is 0 Å². The number of nitrogens with one attached hydrogen (secondary N) is 1. The first kappa shape index (κ1) is 17.5. The van der Waals surface area contributed by atoms with E-state index in [2.05, 4.69) is 5.32 Å². The second-order valence-corrected chi connectivity index (χ2v) is 6.97. The fraction of sp³-hybridized carbons (Fsp3) is 0.263. The zero-order chi connectivity index (χ0) is 17.6. The number of aliphatic hydroxyl groups excluding tert-OH is 1. The summed E-state index contributed by atoms with van der Waals surface area (Å²) in [5.74, 6) is 0.690. The molecule has 1 saturated heterocycles. The van der Waals surface area contributed by atoms with Crippen LogP contribution in [0, 0.1) is 0 Å². The molecule has 1 aliphatic rings. The molecule has 6 heteroatoms. The van der Waals surface area contributed by atoms with Crippen LogP contribution in [-0.2, 0) is 11.2 Å². The standard InChI is InChI=1S/C19H19NO4S/c21-16-11-20-19(23)25-18(16)10-13-6-8-15(9-7-13)24-12-17(22)14-4-2-1-3-5-14/h1-9,17-18,22H,10-12H2,(H,20,23)/t17-,18?/m0/s1. The van der Waals surface area contributed by atoms with Gasteiger partial charge in [0.1, 0.15) is 18.5 Å². The summed E-state index contributed by atoms with van der Waals surface area (Å²) in [6.07, 6.45) is -0.167. The summed E-state index contributed by atoms with van der Waals surface area (Å²) >= 11 is 1.04. The molecule has 0 bridgehead atoms. The largest absolute Gasteiger partial charge is 0.491 e. The number of rotatable bonds is 6. The number of thioether (sulfide) groups is 1. The van der Waals surface area contributed by atoms with Gasteiger partial charge < -0.3 is 15.2 Å². The number of ether oxygens (including phenoxy) is 1. The van der Waals surface area contributed by atoms with Crippen molar-refractivity contribution in [1.29, 1.82) is 0 Å². The van der Waals surface area contributed by atoms with Crippen molar-refractivity contribution in [1.82, 2.24) is 5.32 Å². The molecule has 1 unspecified atom stereocenters. The van der Waals surface area contributed by atoms with E-state index in [4.69, 9.17) is 4.74 Å². The average Bonchev–Trinajstić information content (AvgIpc) is 2.64. The SMILES string of the molecule is O=C1NCC(=O)C(Cc2ccc(OC[C@H](O)c3ccccc3)cc2)S1. The lowest BCUT2D eigenvalue weighted by molar-refractivity contribution is -0.117. The fourth-order valence-electron chi connectivity index (χ4n) is 2.55. The van der Waals surface area contributed by atoms with Crippen LogP contribution in [0.2, 0.25) is 0 Å². The third kappa shape index (κ3) is 4.84. The molecule has 1 amide bonds. The van der Waals surface area contributed by atoms with Crippen LogP contribution in [0.25, 0.3) is 0 Å². The van der Waals surface area contributed by atoms with Gasteiger partial charge in [-0.1, -0.05) is 54.2 Å². The summed E-state index contributed by atoms with van der Waals surface area (Å²) in [5, 5.41) is 12.1. The van der Waals surface area contributed by atoms with Crippen molar-refractivity contribution in [2.45, 2.75) is 17.8 Å². The van der Waals surface area contributed by atoms with E-state index in [1.807, 2.05) is 54.6 Å². The number of carbonyl (C=O) groups is 2. The van der Waals surface area contributed by atoms with Gasteiger partial charge in [-0.15, -0.1) is 0 Å². The van der Waals surface area contributed by atoms with Crippen molar-refractivity contribution in [3.63, 3.8) is 0 Å². The Morgan fingerprint density at radius 1 is 1.12 bits per heavy atom. The summed E-state index contributed by atoms with van der Waals surface area (Å²) in [6, 6.07) is 16.7. The number of Topliss-reactive ketones (excluding diaryl/α,β-unsaturated/α-hetero) is 1. The number of hydrogen-bond donors (Lipinski definition) is 2. The maximum absolute atomic E-state index is 11.8. The van der Waals surface area contributed by atoms with Gasteiger partial charge in [0.2, 0.25) is 0 Å². The fourth-order valence-corrected chi connectivity index (χ4v) is 3.45. The molecule has 1 fully saturated rings. The Morgan fingerprint density at radius 3 is 2.56 bits per heavy atom. The molecule has 2 aromatic rings. The Hall–Kier alpha value is -2.31. The molecule has 2 atom stereocenters. The first-order valence-electron chi connectivity index (χ1n) is 8.04. The maximum Gasteiger partial charge on any atom is 0.280 e. The Kier molecular flexibility index (Phi) is 5.73. The normalized spacial score (nSPS) is 18.5. The van der Waals surface area contributed by atoms with Crippen LogP contribution in [0.15, 0.2) is 54.6 Å². The number of carbonyl (C=O) groups excluding carboxylic acids is 2. The van der Waals surface area contributed by atoms with E-state index in [0.717, 1.165) is 22.9 Å².